The van der Waals surface area contributed by atoms with Crippen molar-refractivity contribution in [3.8, 4) is 0 Å². The summed E-state index contributed by atoms with van der Waals surface area (Å²) in [6, 6.07) is 11.4. The van der Waals surface area contributed by atoms with Gasteiger partial charge in [0.25, 0.3) is 5.91 Å². The highest BCUT2D eigenvalue weighted by molar-refractivity contribution is 6.31. The third-order valence-electron chi connectivity index (χ3n) is 5.40. The number of anilines is 1. The maximum atomic E-state index is 12.7. The summed E-state index contributed by atoms with van der Waals surface area (Å²) in [4.78, 5) is 24.2. The molecule has 4 rings (SSSR count). The van der Waals surface area contributed by atoms with Gasteiger partial charge in [0.05, 0.1) is 16.8 Å². The number of pyridine rings is 2. The van der Waals surface area contributed by atoms with Gasteiger partial charge in [0.15, 0.2) is 0 Å². The molecule has 1 N–H and O–H groups in total. The topological polar surface area (TPSA) is 58.1 Å². The van der Waals surface area contributed by atoms with Gasteiger partial charge in [0.2, 0.25) is 0 Å². The number of rotatable bonds is 4. The summed E-state index contributed by atoms with van der Waals surface area (Å²) >= 11 is 6.07. The number of aryl methyl sites for hydroxylation is 1. The third kappa shape index (κ3) is 4.67. The van der Waals surface area contributed by atoms with Crippen LogP contribution in [0.25, 0.3) is 10.9 Å². The lowest BCUT2D eigenvalue weighted by atomic mass is 10.1. The minimum Gasteiger partial charge on any atom is -0.357 e. The van der Waals surface area contributed by atoms with Crippen LogP contribution in [0.1, 0.15) is 47.3 Å². The average Bonchev–Trinajstić information content (AvgIpc) is 3.02. The highest BCUT2D eigenvalue weighted by Gasteiger charge is 2.13. The van der Waals surface area contributed by atoms with Gasteiger partial charge in [-0.05, 0) is 55.7 Å². The normalized spacial score (nSPS) is 14.6. The summed E-state index contributed by atoms with van der Waals surface area (Å²) < 4.78 is 0. The molecule has 3 heterocycles. The molecule has 1 saturated heterocycles. The Kier molecular flexibility index (Phi) is 5.95. The Balaban J connectivity index is 1.43. The number of benzene rings is 1. The summed E-state index contributed by atoms with van der Waals surface area (Å²) in [6.07, 6.45) is 6.91. The third-order valence-corrected chi connectivity index (χ3v) is 5.64. The molecule has 1 fully saturated rings. The van der Waals surface area contributed by atoms with Gasteiger partial charge in [-0.1, -0.05) is 30.5 Å². The van der Waals surface area contributed by atoms with Gasteiger partial charge in [0, 0.05) is 36.2 Å². The second-order valence-electron chi connectivity index (χ2n) is 7.57. The van der Waals surface area contributed by atoms with Crippen LogP contribution in [-0.2, 0) is 6.54 Å². The van der Waals surface area contributed by atoms with Crippen LogP contribution in [0.15, 0.2) is 42.6 Å². The Labute approximate surface area is 176 Å². The summed E-state index contributed by atoms with van der Waals surface area (Å²) in [7, 11) is 0. The number of fused-ring (bicyclic) bond motifs is 1. The number of halogens is 1. The molecule has 0 spiro atoms. The fourth-order valence-corrected chi connectivity index (χ4v) is 3.94. The summed E-state index contributed by atoms with van der Waals surface area (Å²) in [5.41, 5.74) is 3.07. The molecule has 150 valence electrons. The first-order chi connectivity index (χ1) is 14.1. The van der Waals surface area contributed by atoms with Crippen molar-refractivity contribution in [1.29, 1.82) is 0 Å². The van der Waals surface area contributed by atoms with Crippen LogP contribution in [0.4, 0.5) is 5.82 Å². The molecule has 1 aliphatic rings. The van der Waals surface area contributed by atoms with Gasteiger partial charge in [-0.25, -0.2) is 4.98 Å². The standard InChI is InChI=1S/C23H25ClN4O/c1-16-20(13-18-12-19(24)7-8-21(18)27-16)23(29)26-15-17-6-9-22(25-14-17)28-10-4-2-3-5-11-28/h6-9,12-14H,2-5,10-11,15H2,1H3,(H,26,29). The van der Waals surface area contributed by atoms with Crippen molar-refractivity contribution in [3.05, 3.63) is 64.4 Å². The number of amides is 1. The zero-order valence-corrected chi connectivity index (χ0v) is 17.4. The Hall–Kier alpha value is -2.66. The van der Waals surface area contributed by atoms with E-state index in [0.29, 0.717) is 22.8 Å². The molecule has 0 atom stereocenters. The van der Waals surface area contributed by atoms with Gasteiger partial charge >= 0.3 is 0 Å². The maximum absolute atomic E-state index is 12.7. The average molecular weight is 409 g/mol. The van der Waals surface area contributed by atoms with Crippen molar-refractivity contribution in [3.63, 3.8) is 0 Å². The molecule has 2 aromatic heterocycles. The fourth-order valence-electron chi connectivity index (χ4n) is 3.76. The van der Waals surface area contributed by atoms with Crippen molar-refractivity contribution < 1.29 is 4.79 Å². The van der Waals surface area contributed by atoms with Crippen molar-refractivity contribution in [2.24, 2.45) is 0 Å². The Morgan fingerprint density at radius 3 is 2.62 bits per heavy atom. The minimum atomic E-state index is -0.145. The molecule has 0 radical (unpaired) electrons. The van der Waals surface area contributed by atoms with Gasteiger partial charge in [-0.15, -0.1) is 0 Å². The molecule has 0 saturated carbocycles. The summed E-state index contributed by atoms with van der Waals surface area (Å²) in [5.74, 6) is 0.877. The SMILES string of the molecule is Cc1nc2ccc(Cl)cc2cc1C(=O)NCc1ccc(N2CCCCCC2)nc1. The molecule has 1 amide bonds. The van der Waals surface area contributed by atoms with E-state index in [1.165, 1.54) is 25.7 Å². The van der Waals surface area contributed by atoms with Crippen LogP contribution >= 0.6 is 11.6 Å². The van der Waals surface area contributed by atoms with E-state index < -0.39 is 0 Å². The molecule has 6 heteroatoms. The van der Waals surface area contributed by atoms with E-state index in [2.05, 4.69) is 26.3 Å². The Morgan fingerprint density at radius 1 is 1.10 bits per heavy atom. The van der Waals surface area contributed by atoms with Crippen LogP contribution in [0.3, 0.4) is 0 Å². The zero-order valence-electron chi connectivity index (χ0n) is 16.6. The Morgan fingerprint density at radius 2 is 1.90 bits per heavy atom. The predicted molar refractivity (Wildman–Crippen MR) is 118 cm³/mol. The molecule has 5 nitrogen and oxygen atoms in total. The summed E-state index contributed by atoms with van der Waals surface area (Å²) in [6.45, 7) is 4.42. The van der Waals surface area contributed by atoms with Gasteiger partial charge in [-0.3, -0.25) is 9.78 Å². The number of hydrogen-bond donors (Lipinski definition) is 1. The monoisotopic (exact) mass is 408 g/mol. The van der Waals surface area contributed by atoms with Crippen LogP contribution in [-0.4, -0.2) is 29.0 Å². The summed E-state index contributed by atoms with van der Waals surface area (Å²) in [5, 5.41) is 4.47. The molecule has 0 unspecified atom stereocenters. The minimum absolute atomic E-state index is 0.145. The number of carbonyl (C=O) groups excluding carboxylic acids is 1. The van der Waals surface area contributed by atoms with Crippen LogP contribution in [0.5, 0.6) is 0 Å². The largest absolute Gasteiger partial charge is 0.357 e. The van der Waals surface area contributed by atoms with E-state index in [0.717, 1.165) is 35.4 Å². The Bertz CT molecular complexity index is 1010. The molecular formula is C23H25ClN4O. The number of nitrogens with zero attached hydrogens (tertiary/aromatic N) is 3. The van der Waals surface area contributed by atoms with E-state index in [-0.39, 0.29) is 5.91 Å². The molecule has 0 bridgehead atoms. The van der Waals surface area contributed by atoms with Gasteiger partial charge < -0.3 is 10.2 Å². The van der Waals surface area contributed by atoms with Crippen LogP contribution in [0, 0.1) is 6.92 Å². The maximum Gasteiger partial charge on any atom is 0.253 e. The zero-order chi connectivity index (χ0) is 20.2. The van der Waals surface area contributed by atoms with E-state index in [9.17, 15) is 4.79 Å². The molecule has 1 aliphatic heterocycles. The lowest BCUT2D eigenvalue weighted by Gasteiger charge is -2.21. The smallest absolute Gasteiger partial charge is 0.253 e. The lowest BCUT2D eigenvalue weighted by Crippen LogP contribution is -2.25. The van der Waals surface area contributed by atoms with Crippen molar-refractivity contribution >= 4 is 34.2 Å². The van der Waals surface area contributed by atoms with E-state index in [1.54, 1.807) is 6.07 Å². The second kappa shape index (κ2) is 8.78. The first kappa shape index (κ1) is 19.6. The molecule has 3 aromatic rings. The van der Waals surface area contributed by atoms with Gasteiger partial charge in [-0.2, -0.15) is 0 Å². The fraction of sp³-hybridized carbons (Fsp3) is 0.348. The van der Waals surface area contributed by atoms with Crippen molar-refractivity contribution in [1.82, 2.24) is 15.3 Å². The molecular weight excluding hydrogens is 384 g/mol. The second-order valence-corrected chi connectivity index (χ2v) is 8.00. The predicted octanol–water partition coefficient (Wildman–Crippen LogP) is 4.90. The first-order valence-corrected chi connectivity index (χ1v) is 10.5. The number of aromatic nitrogens is 2. The van der Waals surface area contributed by atoms with Crippen LogP contribution in [0.2, 0.25) is 5.02 Å². The lowest BCUT2D eigenvalue weighted by molar-refractivity contribution is 0.0950. The van der Waals surface area contributed by atoms with Crippen molar-refractivity contribution in [2.45, 2.75) is 39.2 Å². The van der Waals surface area contributed by atoms with Gasteiger partial charge in [0.1, 0.15) is 5.82 Å². The quantitative estimate of drug-likeness (QED) is 0.666. The van der Waals surface area contributed by atoms with Crippen LogP contribution < -0.4 is 10.2 Å². The highest BCUT2D eigenvalue weighted by atomic mass is 35.5. The van der Waals surface area contributed by atoms with E-state index in [1.807, 2.05) is 37.4 Å². The molecule has 1 aromatic carbocycles. The van der Waals surface area contributed by atoms with E-state index >= 15 is 0 Å². The number of hydrogen-bond acceptors (Lipinski definition) is 4. The molecule has 29 heavy (non-hydrogen) atoms. The van der Waals surface area contributed by atoms with E-state index in [4.69, 9.17) is 11.6 Å². The van der Waals surface area contributed by atoms with Crippen molar-refractivity contribution in [2.75, 3.05) is 18.0 Å². The number of carbonyl (C=O) groups is 1. The highest BCUT2D eigenvalue weighted by Crippen LogP contribution is 2.21. The number of nitrogens with one attached hydrogen (secondary N) is 1. The first-order valence-electron chi connectivity index (χ1n) is 10.2. The molecule has 0 aliphatic carbocycles.